The summed E-state index contributed by atoms with van der Waals surface area (Å²) in [4.78, 5) is 23.4. The van der Waals surface area contributed by atoms with Gasteiger partial charge in [-0.2, -0.15) is 0 Å². The van der Waals surface area contributed by atoms with Crippen LogP contribution in [0.2, 0.25) is 0 Å². The Labute approximate surface area is 183 Å². The van der Waals surface area contributed by atoms with Crippen LogP contribution >= 0.6 is 0 Å². The van der Waals surface area contributed by atoms with E-state index in [9.17, 15) is 23.5 Å². The summed E-state index contributed by atoms with van der Waals surface area (Å²) in [5, 5.41) is 12.5. The molecule has 3 aromatic rings. The highest BCUT2D eigenvalue weighted by atomic mass is 19.1. The van der Waals surface area contributed by atoms with E-state index in [1.165, 1.54) is 0 Å². The summed E-state index contributed by atoms with van der Waals surface area (Å²) in [6.45, 7) is 3.91. The summed E-state index contributed by atoms with van der Waals surface area (Å²) in [6, 6.07) is 10.2. The Morgan fingerprint density at radius 2 is 1.94 bits per heavy atom. The number of rotatable bonds is 9. The van der Waals surface area contributed by atoms with Crippen LogP contribution in [0.25, 0.3) is 10.9 Å². The molecule has 0 radical (unpaired) electrons. The summed E-state index contributed by atoms with van der Waals surface area (Å²) < 4.78 is 39.0. The van der Waals surface area contributed by atoms with Crippen LogP contribution in [-0.4, -0.2) is 40.6 Å². The van der Waals surface area contributed by atoms with Gasteiger partial charge in [-0.1, -0.05) is 12.1 Å². The highest BCUT2D eigenvalue weighted by Gasteiger charge is 2.21. The van der Waals surface area contributed by atoms with E-state index in [1.54, 1.807) is 13.8 Å². The van der Waals surface area contributed by atoms with E-state index >= 15 is 0 Å². The van der Waals surface area contributed by atoms with E-state index in [0.29, 0.717) is 12.6 Å². The molecule has 0 aliphatic carbocycles. The van der Waals surface area contributed by atoms with Gasteiger partial charge in [-0.15, -0.1) is 0 Å². The molecule has 1 heterocycles. The number of ether oxygens (including phenoxy) is 2. The van der Waals surface area contributed by atoms with Crippen LogP contribution in [0.5, 0.6) is 0 Å². The second-order valence-electron chi connectivity index (χ2n) is 7.46. The van der Waals surface area contributed by atoms with E-state index in [2.05, 4.69) is 5.32 Å². The van der Waals surface area contributed by atoms with Crippen LogP contribution in [-0.2, 0) is 27.2 Å². The van der Waals surface area contributed by atoms with E-state index in [4.69, 9.17) is 9.47 Å². The minimum Gasteiger partial charge on any atom is -0.479 e. The largest absolute Gasteiger partial charge is 0.479 e. The van der Waals surface area contributed by atoms with Crippen molar-refractivity contribution in [3.8, 4) is 0 Å². The molecular formula is C23H24F2N2O5. The average molecular weight is 446 g/mol. The predicted octanol–water partition coefficient (Wildman–Crippen LogP) is 4.59. The number of carbonyl (C=O) groups is 2. The van der Waals surface area contributed by atoms with Crippen molar-refractivity contribution < 1.29 is 33.0 Å². The minimum atomic E-state index is -1.02. The van der Waals surface area contributed by atoms with Crippen LogP contribution < -0.4 is 5.32 Å². The van der Waals surface area contributed by atoms with Gasteiger partial charge < -0.3 is 19.1 Å². The highest BCUT2D eigenvalue weighted by Crippen LogP contribution is 2.23. The maximum Gasteiger partial charge on any atom is 0.411 e. The van der Waals surface area contributed by atoms with Gasteiger partial charge >= 0.3 is 12.1 Å². The summed E-state index contributed by atoms with van der Waals surface area (Å²) in [5.74, 6) is -2.66. The molecule has 2 aromatic carbocycles. The molecule has 0 bridgehead atoms. The van der Waals surface area contributed by atoms with Crippen molar-refractivity contribution in [2.45, 2.75) is 39.0 Å². The van der Waals surface area contributed by atoms with Crippen molar-refractivity contribution in [1.82, 2.24) is 4.57 Å². The Hall–Kier alpha value is -3.46. The third-order valence-electron chi connectivity index (χ3n) is 4.75. The molecule has 0 spiro atoms. The van der Waals surface area contributed by atoms with Gasteiger partial charge in [0.05, 0.1) is 18.3 Å². The van der Waals surface area contributed by atoms with Crippen molar-refractivity contribution >= 4 is 28.7 Å². The first-order valence-electron chi connectivity index (χ1n) is 10.1. The van der Waals surface area contributed by atoms with Gasteiger partial charge in [0.1, 0.15) is 18.2 Å². The molecule has 3 rings (SSSR count). The Morgan fingerprint density at radius 3 is 2.62 bits per heavy atom. The van der Waals surface area contributed by atoms with Crippen molar-refractivity contribution in [1.29, 1.82) is 0 Å². The molecule has 0 fully saturated rings. The Kier molecular flexibility index (Phi) is 7.42. The zero-order valence-corrected chi connectivity index (χ0v) is 17.7. The molecular weight excluding hydrogens is 422 g/mol. The van der Waals surface area contributed by atoms with E-state index in [-0.39, 0.29) is 24.8 Å². The number of fused-ring (bicyclic) bond motifs is 1. The number of nitrogens with one attached hydrogen (secondary N) is 1. The lowest BCUT2D eigenvalue weighted by atomic mass is 10.0. The number of carboxylic acids is 1. The maximum atomic E-state index is 13.6. The van der Waals surface area contributed by atoms with Gasteiger partial charge in [0.2, 0.25) is 0 Å². The molecule has 1 unspecified atom stereocenters. The standard InChI is InChI=1S/C23H24F2N2O5/c1-14(2)32-21(22(28)29)12-15-4-3-5-20-17(15)8-9-27(20)10-11-31-23(30)26-19-7-6-16(24)13-18(19)25/h3-9,13-14,21H,10-12H2,1-2H3,(H,26,30)(H,28,29). The topological polar surface area (TPSA) is 89.8 Å². The zero-order chi connectivity index (χ0) is 23.3. The van der Waals surface area contributed by atoms with Crippen LogP contribution in [0.3, 0.4) is 0 Å². The first-order valence-corrected chi connectivity index (χ1v) is 10.1. The number of nitrogens with zero attached hydrogens (tertiary/aromatic N) is 1. The predicted molar refractivity (Wildman–Crippen MR) is 115 cm³/mol. The highest BCUT2D eigenvalue weighted by molar-refractivity contribution is 5.85. The molecule has 7 nitrogen and oxygen atoms in total. The van der Waals surface area contributed by atoms with Crippen LogP contribution in [0.15, 0.2) is 48.7 Å². The molecule has 0 aliphatic rings. The molecule has 9 heteroatoms. The van der Waals surface area contributed by atoms with Crippen molar-refractivity contribution in [3.05, 3.63) is 65.9 Å². The number of aromatic nitrogens is 1. The van der Waals surface area contributed by atoms with Crippen LogP contribution in [0, 0.1) is 11.6 Å². The van der Waals surface area contributed by atoms with Gasteiger partial charge in [0.15, 0.2) is 6.10 Å². The fourth-order valence-corrected chi connectivity index (χ4v) is 3.36. The fourth-order valence-electron chi connectivity index (χ4n) is 3.36. The summed E-state index contributed by atoms with van der Waals surface area (Å²) in [6.07, 6.45) is 0.00253. The first kappa shape index (κ1) is 23.2. The molecule has 1 amide bonds. The monoisotopic (exact) mass is 446 g/mol. The Bertz CT molecular complexity index is 1110. The number of anilines is 1. The smallest absolute Gasteiger partial charge is 0.411 e. The molecule has 0 saturated carbocycles. The third kappa shape index (κ3) is 5.82. The molecule has 32 heavy (non-hydrogen) atoms. The molecule has 0 saturated heterocycles. The zero-order valence-electron chi connectivity index (χ0n) is 17.7. The van der Waals surface area contributed by atoms with Gasteiger partial charge in [-0.3, -0.25) is 5.32 Å². The minimum absolute atomic E-state index is 0.0108. The van der Waals surface area contributed by atoms with E-state index < -0.39 is 29.8 Å². The number of amides is 1. The van der Waals surface area contributed by atoms with Crippen LogP contribution in [0.1, 0.15) is 19.4 Å². The van der Waals surface area contributed by atoms with E-state index in [0.717, 1.165) is 28.6 Å². The van der Waals surface area contributed by atoms with E-state index in [1.807, 2.05) is 35.0 Å². The SMILES string of the molecule is CC(C)OC(Cc1cccc2c1ccn2CCOC(=O)Nc1ccc(F)cc1F)C(=O)O. The number of aliphatic carboxylic acids is 1. The number of benzene rings is 2. The Balaban J connectivity index is 1.63. The summed E-state index contributed by atoms with van der Waals surface area (Å²) in [5.41, 5.74) is 1.51. The second-order valence-corrected chi connectivity index (χ2v) is 7.46. The number of hydrogen-bond donors (Lipinski definition) is 2. The molecule has 0 aliphatic heterocycles. The summed E-state index contributed by atoms with van der Waals surface area (Å²) >= 11 is 0. The number of carbonyl (C=O) groups excluding carboxylic acids is 1. The molecule has 2 N–H and O–H groups in total. The second kappa shape index (κ2) is 10.2. The number of halogens is 2. The van der Waals surface area contributed by atoms with Gasteiger partial charge in [0, 0.05) is 29.6 Å². The number of hydrogen-bond acceptors (Lipinski definition) is 4. The fraction of sp³-hybridized carbons (Fsp3) is 0.304. The number of carboxylic acid groups (broad SMARTS) is 1. The van der Waals surface area contributed by atoms with Crippen molar-refractivity contribution in [3.63, 3.8) is 0 Å². The average Bonchev–Trinajstić information content (AvgIpc) is 3.13. The maximum absolute atomic E-state index is 13.6. The third-order valence-corrected chi connectivity index (χ3v) is 4.75. The van der Waals surface area contributed by atoms with Gasteiger partial charge in [0.25, 0.3) is 0 Å². The normalized spacial score (nSPS) is 12.2. The lowest BCUT2D eigenvalue weighted by Gasteiger charge is -2.17. The van der Waals surface area contributed by atoms with Gasteiger partial charge in [-0.05, 0) is 43.7 Å². The first-order chi connectivity index (χ1) is 15.2. The summed E-state index contributed by atoms with van der Waals surface area (Å²) in [7, 11) is 0. The molecule has 1 atom stereocenters. The Morgan fingerprint density at radius 1 is 1.16 bits per heavy atom. The van der Waals surface area contributed by atoms with Crippen molar-refractivity contribution in [2.24, 2.45) is 0 Å². The van der Waals surface area contributed by atoms with Gasteiger partial charge in [-0.25, -0.2) is 18.4 Å². The lowest BCUT2D eigenvalue weighted by molar-refractivity contribution is -0.153. The molecule has 1 aromatic heterocycles. The lowest BCUT2D eigenvalue weighted by Crippen LogP contribution is -2.29. The molecule has 170 valence electrons. The van der Waals surface area contributed by atoms with Crippen molar-refractivity contribution in [2.75, 3.05) is 11.9 Å². The van der Waals surface area contributed by atoms with Crippen LogP contribution in [0.4, 0.5) is 19.3 Å². The quantitative estimate of drug-likeness (QED) is 0.502.